The zero-order chi connectivity index (χ0) is 34.3. The van der Waals surface area contributed by atoms with E-state index in [1.54, 1.807) is 0 Å². The van der Waals surface area contributed by atoms with Crippen LogP contribution < -0.4 is 18.9 Å². The molecule has 0 saturated heterocycles. The quantitative estimate of drug-likeness (QED) is 0.201. The summed E-state index contributed by atoms with van der Waals surface area (Å²) in [5.41, 5.74) is 9.32. The van der Waals surface area contributed by atoms with Crippen molar-refractivity contribution < 1.29 is 45.1 Å². The van der Waals surface area contributed by atoms with Gasteiger partial charge in [-0.1, -0.05) is 98.7 Å². The first kappa shape index (κ1) is 49.0. The van der Waals surface area contributed by atoms with Crippen LogP contribution in [0.2, 0.25) is 0 Å². The second kappa shape index (κ2) is 25.7. The molecule has 0 N–H and O–H groups in total. The maximum absolute atomic E-state index is 11.2. The average molecular weight is 723 g/mol. The van der Waals surface area contributed by atoms with Crippen molar-refractivity contribution in [3.8, 4) is 0 Å². The third-order valence-corrected chi connectivity index (χ3v) is 10.5. The third kappa shape index (κ3) is 14.5. The standard InChI is InChI=1S/3C12H18O2S.Ca.Li/c3*1-4-9-7-10(5-2)12(15(13)14)11(6-3)8-9;;/h3*7-8H,4-6H2,1-3H3,(H,13,14);;/q;;;+2;+1/p-3. The van der Waals surface area contributed by atoms with Crippen molar-refractivity contribution in [3.63, 3.8) is 0 Å². The Bertz CT molecular complexity index is 1230. The molecule has 3 aromatic carbocycles. The maximum atomic E-state index is 11.2. The fourth-order valence-electron chi connectivity index (χ4n) is 5.31. The topological polar surface area (TPSA) is 120 Å². The molecular formula is C36H51CaLiO6S3. The Kier molecular flexibility index (Phi) is 26.8. The average Bonchev–Trinajstić information content (AvgIpc) is 3.05. The van der Waals surface area contributed by atoms with Gasteiger partial charge >= 0.3 is 56.6 Å². The van der Waals surface area contributed by atoms with Crippen LogP contribution in [0.3, 0.4) is 0 Å². The maximum Gasteiger partial charge on any atom is 2.00 e. The number of hydrogen-bond donors (Lipinski definition) is 0. The number of benzene rings is 3. The van der Waals surface area contributed by atoms with Crippen LogP contribution in [0.1, 0.15) is 112 Å². The Hall–Kier alpha value is -0.153. The predicted molar refractivity (Wildman–Crippen MR) is 191 cm³/mol. The van der Waals surface area contributed by atoms with E-state index in [9.17, 15) is 26.3 Å². The number of aryl methyl sites for hydroxylation is 9. The van der Waals surface area contributed by atoms with E-state index in [1.807, 2.05) is 77.9 Å². The van der Waals surface area contributed by atoms with E-state index in [-0.39, 0.29) is 56.6 Å². The van der Waals surface area contributed by atoms with Gasteiger partial charge in [0.05, 0.1) is 0 Å². The SMILES string of the molecule is CCc1cc(CC)c(S(=O)[O-])c(CC)c1.CCc1cc(CC)c(S(=O)[O-])c(CC)c1.CCc1cc(CC)c(S(=O)[O-])c(CC)c1.[Ca+2].[Li+]. The molecule has 6 nitrogen and oxygen atoms in total. The fourth-order valence-corrected chi connectivity index (χ4v) is 7.81. The summed E-state index contributed by atoms with van der Waals surface area (Å²) in [4.78, 5) is 1.53. The molecular weight excluding hydrogens is 672 g/mol. The summed E-state index contributed by atoms with van der Waals surface area (Å²) in [6.07, 6.45) is 7.46. The summed E-state index contributed by atoms with van der Waals surface area (Å²) in [6.45, 7) is 18.2. The Morgan fingerprint density at radius 3 is 0.617 bits per heavy atom. The Balaban J connectivity index is 0. The molecule has 0 aliphatic carbocycles. The summed E-state index contributed by atoms with van der Waals surface area (Å²) in [6, 6.07) is 12.0. The summed E-state index contributed by atoms with van der Waals surface area (Å²) >= 11 is -6.34. The third-order valence-electron chi connectivity index (χ3n) is 7.92. The van der Waals surface area contributed by atoms with Crippen molar-refractivity contribution in [2.75, 3.05) is 0 Å². The van der Waals surface area contributed by atoms with Crippen molar-refractivity contribution in [2.45, 2.75) is 135 Å². The van der Waals surface area contributed by atoms with Gasteiger partial charge in [-0.15, -0.1) is 0 Å². The Morgan fingerprint density at radius 2 is 0.532 bits per heavy atom. The van der Waals surface area contributed by atoms with Gasteiger partial charge in [0.15, 0.2) is 0 Å². The van der Waals surface area contributed by atoms with Crippen molar-refractivity contribution in [1.82, 2.24) is 0 Å². The van der Waals surface area contributed by atoms with Crippen LogP contribution in [0.5, 0.6) is 0 Å². The zero-order valence-electron chi connectivity index (χ0n) is 30.2. The molecule has 11 heteroatoms. The van der Waals surface area contributed by atoms with E-state index in [0.29, 0.717) is 14.7 Å². The molecule has 3 unspecified atom stereocenters. The molecule has 0 amide bonds. The van der Waals surface area contributed by atoms with Crippen LogP contribution >= 0.6 is 0 Å². The zero-order valence-corrected chi connectivity index (χ0v) is 34.9. The first-order chi connectivity index (χ1) is 21.4. The first-order valence-electron chi connectivity index (χ1n) is 16.1. The van der Waals surface area contributed by atoms with E-state index >= 15 is 0 Å². The van der Waals surface area contributed by atoms with Crippen LogP contribution in [0.4, 0.5) is 0 Å². The molecule has 3 rings (SSSR count). The second-order valence-electron chi connectivity index (χ2n) is 10.6. The summed E-state index contributed by atoms with van der Waals surface area (Å²) < 4.78 is 67.0. The minimum atomic E-state index is -2.11. The molecule has 0 saturated carbocycles. The van der Waals surface area contributed by atoms with Crippen molar-refractivity contribution >= 4 is 71.0 Å². The summed E-state index contributed by atoms with van der Waals surface area (Å²) in [5, 5.41) is 0. The Morgan fingerprint density at radius 1 is 0.383 bits per heavy atom. The molecule has 252 valence electrons. The Labute approximate surface area is 334 Å². The molecule has 0 aliphatic rings. The van der Waals surface area contributed by atoms with Crippen molar-refractivity contribution in [3.05, 3.63) is 86.5 Å². The van der Waals surface area contributed by atoms with Gasteiger partial charge in [-0.3, -0.25) is 12.6 Å². The normalized spacial score (nSPS) is 12.3. The molecule has 0 radical (unpaired) electrons. The smallest absolute Gasteiger partial charge is 0.768 e. The van der Waals surface area contributed by atoms with Gasteiger partial charge in [-0.05, 0) is 141 Å². The second-order valence-corrected chi connectivity index (χ2v) is 13.2. The minimum Gasteiger partial charge on any atom is -0.768 e. The van der Waals surface area contributed by atoms with Gasteiger partial charge < -0.3 is 13.7 Å². The number of hydrogen-bond acceptors (Lipinski definition) is 6. The largest absolute Gasteiger partial charge is 2.00 e. The minimum absolute atomic E-state index is 0. The van der Waals surface area contributed by atoms with E-state index in [2.05, 4.69) is 20.8 Å². The van der Waals surface area contributed by atoms with Crippen molar-refractivity contribution in [2.24, 2.45) is 0 Å². The number of rotatable bonds is 12. The van der Waals surface area contributed by atoms with Gasteiger partial charge in [-0.25, -0.2) is 0 Å². The predicted octanol–water partition coefficient (Wildman–Crippen LogP) is 4.46. The van der Waals surface area contributed by atoms with E-state index in [1.165, 1.54) is 16.7 Å². The monoisotopic (exact) mass is 722 g/mol. The molecule has 0 spiro atoms. The molecule has 0 heterocycles. The van der Waals surface area contributed by atoms with Crippen LogP contribution in [0.15, 0.2) is 51.1 Å². The molecule has 0 aromatic heterocycles. The molecule has 3 aromatic rings. The van der Waals surface area contributed by atoms with Crippen LogP contribution in [0, 0.1) is 0 Å². The fraction of sp³-hybridized carbons (Fsp3) is 0.500. The molecule has 0 bridgehead atoms. The van der Waals surface area contributed by atoms with E-state index < -0.39 is 33.2 Å². The van der Waals surface area contributed by atoms with Gasteiger partial charge in [0.1, 0.15) is 0 Å². The van der Waals surface area contributed by atoms with Gasteiger partial charge in [0.25, 0.3) is 0 Å². The summed E-state index contributed by atoms with van der Waals surface area (Å²) in [7, 11) is 0. The van der Waals surface area contributed by atoms with Gasteiger partial charge in [0.2, 0.25) is 0 Å². The van der Waals surface area contributed by atoms with Crippen LogP contribution in [0.25, 0.3) is 0 Å². The van der Waals surface area contributed by atoms with Crippen LogP contribution in [-0.2, 0) is 91.0 Å². The molecule has 0 fully saturated rings. The van der Waals surface area contributed by atoms with Gasteiger partial charge in [0, 0.05) is 14.7 Å². The van der Waals surface area contributed by atoms with E-state index in [0.717, 1.165) is 91.2 Å². The molecule has 47 heavy (non-hydrogen) atoms. The van der Waals surface area contributed by atoms with Crippen LogP contribution in [-0.4, -0.2) is 64.0 Å². The first-order valence-corrected chi connectivity index (χ1v) is 19.3. The van der Waals surface area contributed by atoms with E-state index in [4.69, 9.17) is 0 Å². The van der Waals surface area contributed by atoms with Gasteiger partial charge in [-0.2, -0.15) is 0 Å². The summed E-state index contributed by atoms with van der Waals surface area (Å²) in [5.74, 6) is 0. The van der Waals surface area contributed by atoms with Crippen molar-refractivity contribution in [1.29, 1.82) is 0 Å². The molecule has 3 atom stereocenters. The molecule has 0 aliphatic heterocycles.